The number of para-hydroxylation sites is 1. The summed E-state index contributed by atoms with van der Waals surface area (Å²) in [5.74, 6) is -0.989. The highest BCUT2D eigenvalue weighted by Crippen LogP contribution is 2.08. The third-order valence-corrected chi connectivity index (χ3v) is 4.27. The van der Waals surface area contributed by atoms with Crippen molar-refractivity contribution in [3.63, 3.8) is 0 Å². The molecule has 0 radical (unpaired) electrons. The molecular formula is C23H22N4O4. The number of aromatic nitrogens is 1. The van der Waals surface area contributed by atoms with Gasteiger partial charge in [-0.3, -0.25) is 30.2 Å². The average molecular weight is 418 g/mol. The summed E-state index contributed by atoms with van der Waals surface area (Å²) in [4.78, 5) is 41.1. The molecule has 0 aliphatic rings. The topological polar surface area (TPSA) is 109 Å². The highest BCUT2D eigenvalue weighted by atomic mass is 16.5. The van der Waals surface area contributed by atoms with Crippen LogP contribution in [-0.4, -0.2) is 35.4 Å². The van der Waals surface area contributed by atoms with Crippen molar-refractivity contribution in [3.8, 4) is 5.75 Å². The van der Waals surface area contributed by atoms with Gasteiger partial charge in [0.2, 0.25) is 0 Å². The first kappa shape index (κ1) is 21.5. The number of benzene rings is 2. The van der Waals surface area contributed by atoms with Crippen LogP contribution in [0.2, 0.25) is 0 Å². The van der Waals surface area contributed by atoms with Crippen LogP contribution < -0.4 is 20.9 Å². The fourth-order valence-corrected chi connectivity index (χ4v) is 2.74. The highest BCUT2D eigenvalue weighted by Gasteiger charge is 2.22. The summed E-state index contributed by atoms with van der Waals surface area (Å²) in [6, 6.07) is 20.4. The molecule has 0 saturated heterocycles. The molecule has 0 saturated carbocycles. The maximum atomic E-state index is 12.7. The van der Waals surface area contributed by atoms with E-state index in [9.17, 15) is 14.4 Å². The lowest BCUT2D eigenvalue weighted by Gasteiger charge is -2.19. The zero-order chi connectivity index (χ0) is 21.9. The molecule has 158 valence electrons. The number of carbonyl (C=O) groups is 3. The SMILES string of the molecule is O=C(COc1ccccc1)NC(Cc1ccccc1)C(=O)NNC(=O)c1cccnc1. The standard InChI is InChI=1S/C23H22N4O4/c28-21(16-31-19-11-5-2-6-12-19)25-20(14-17-8-3-1-4-9-17)23(30)27-26-22(29)18-10-7-13-24-15-18/h1-13,15,20H,14,16H2,(H,25,28)(H,26,29)(H,27,30). The molecule has 0 fully saturated rings. The van der Waals surface area contributed by atoms with Gasteiger partial charge >= 0.3 is 0 Å². The molecule has 31 heavy (non-hydrogen) atoms. The number of hydrazine groups is 1. The fourth-order valence-electron chi connectivity index (χ4n) is 2.74. The zero-order valence-corrected chi connectivity index (χ0v) is 16.7. The number of carbonyl (C=O) groups excluding carboxylic acids is 3. The van der Waals surface area contributed by atoms with Crippen molar-refractivity contribution in [2.24, 2.45) is 0 Å². The molecule has 0 spiro atoms. The smallest absolute Gasteiger partial charge is 0.271 e. The lowest BCUT2D eigenvalue weighted by molar-refractivity contribution is -0.130. The monoisotopic (exact) mass is 418 g/mol. The minimum Gasteiger partial charge on any atom is -0.484 e. The second-order valence-corrected chi connectivity index (χ2v) is 6.60. The quantitative estimate of drug-likeness (QED) is 0.482. The Morgan fingerprint density at radius 3 is 2.26 bits per heavy atom. The number of hydrogen-bond donors (Lipinski definition) is 3. The minimum absolute atomic E-state index is 0.243. The summed E-state index contributed by atoms with van der Waals surface area (Å²) in [5.41, 5.74) is 5.84. The lowest BCUT2D eigenvalue weighted by Crippen LogP contribution is -2.53. The van der Waals surface area contributed by atoms with Crippen LogP contribution in [0.4, 0.5) is 0 Å². The van der Waals surface area contributed by atoms with Crippen molar-refractivity contribution in [3.05, 3.63) is 96.3 Å². The van der Waals surface area contributed by atoms with Crippen molar-refractivity contribution < 1.29 is 19.1 Å². The molecular weight excluding hydrogens is 396 g/mol. The average Bonchev–Trinajstić information content (AvgIpc) is 2.82. The maximum Gasteiger partial charge on any atom is 0.271 e. The largest absolute Gasteiger partial charge is 0.484 e. The fraction of sp³-hybridized carbons (Fsp3) is 0.130. The number of nitrogens with zero attached hydrogens (tertiary/aromatic N) is 1. The van der Waals surface area contributed by atoms with Crippen molar-refractivity contribution in [2.75, 3.05) is 6.61 Å². The maximum absolute atomic E-state index is 12.7. The third kappa shape index (κ3) is 6.97. The normalized spacial score (nSPS) is 11.1. The Balaban J connectivity index is 1.60. The van der Waals surface area contributed by atoms with Crippen LogP contribution in [0.1, 0.15) is 15.9 Å². The van der Waals surface area contributed by atoms with Gasteiger partial charge in [-0.25, -0.2) is 0 Å². The van der Waals surface area contributed by atoms with E-state index in [0.717, 1.165) is 5.56 Å². The molecule has 1 aromatic heterocycles. The number of pyridine rings is 1. The zero-order valence-electron chi connectivity index (χ0n) is 16.7. The van der Waals surface area contributed by atoms with Crippen LogP contribution >= 0.6 is 0 Å². The Bertz CT molecular complexity index is 998. The van der Waals surface area contributed by atoms with Gasteiger partial charge in [0.1, 0.15) is 11.8 Å². The van der Waals surface area contributed by atoms with Gasteiger partial charge in [-0.1, -0.05) is 48.5 Å². The summed E-state index contributed by atoms with van der Waals surface area (Å²) in [7, 11) is 0. The predicted octanol–water partition coefficient (Wildman–Crippen LogP) is 1.65. The lowest BCUT2D eigenvalue weighted by atomic mass is 10.1. The van der Waals surface area contributed by atoms with Crippen LogP contribution in [-0.2, 0) is 16.0 Å². The molecule has 2 aromatic carbocycles. The van der Waals surface area contributed by atoms with E-state index in [4.69, 9.17) is 4.74 Å². The second-order valence-electron chi connectivity index (χ2n) is 6.60. The van der Waals surface area contributed by atoms with E-state index in [1.807, 2.05) is 36.4 Å². The van der Waals surface area contributed by atoms with Gasteiger partial charge in [-0.2, -0.15) is 0 Å². The van der Waals surface area contributed by atoms with Gasteiger partial charge in [-0.15, -0.1) is 0 Å². The van der Waals surface area contributed by atoms with Gasteiger partial charge in [0, 0.05) is 18.8 Å². The molecule has 8 nitrogen and oxygen atoms in total. The second kappa shape index (κ2) is 11.1. The first-order valence-electron chi connectivity index (χ1n) is 9.63. The van der Waals surface area contributed by atoms with E-state index >= 15 is 0 Å². The van der Waals surface area contributed by atoms with Gasteiger partial charge in [0.25, 0.3) is 17.7 Å². The number of rotatable bonds is 8. The highest BCUT2D eigenvalue weighted by molar-refractivity contribution is 5.96. The molecule has 1 atom stereocenters. The Morgan fingerprint density at radius 2 is 1.58 bits per heavy atom. The van der Waals surface area contributed by atoms with Crippen molar-refractivity contribution >= 4 is 17.7 Å². The van der Waals surface area contributed by atoms with Crippen LogP contribution in [0.15, 0.2) is 85.2 Å². The van der Waals surface area contributed by atoms with Gasteiger partial charge < -0.3 is 10.1 Å². The number of hydrogen-bond acceptors (Lipinski definition) is 5. The van der Waals surface area contributed by atoms with E-state index in [-0.39, 0.29) is 13.0 Å². The Morgan fingerprint density at radius 1 is 0.871 bits per heavy atom. The molecule has 3 N–H and O–H groups in total. The van der Waals surface area contributed by atoms with Gasteiger partial charge in [0.05, 0.1) is 5.56 Å². The van der Waals surface area contributed by atoms with E-state index in [1.165, 1.54) is 12.4 Å². The molecule has 0 bridgehead atoms. The summed E-state index contributed by atoms with van der Waals surface area (Å²) in [5, 5.41) is 2.66. The van der Waals surface area contributed by atoms with Crippen LogP contribution in [0.3, 0.4) is 0 Å². The molecule has 8 heteroatoms. The molecule has 3 rings (SSSR count). The molecule has 0 aliphatic heterocycles. The summed E-state index contributed by atoms with van der Waals surface area (Å²) >= 11 is 0. The molecule has 1 unspecified atom stereocenters. The molecule has 1 heterocycles. The number of amides is 3. The summed E-state index contributed by atoms with van der Waals surface area (Å²) in [6.07, 6.45) is 3.16. The van der Waals surface area contributed by atoms with Gasteiger partial charge in [0.15, 0.2) is 6.61 Å². The number of ether oxygens (including phenoxy) is 1. The van der Waals surface area contributed by atoms with Crippen molar-refractivity contribution in [2.45, 2.75) is 12.5 Å². The first-order chi connectivity index (χ1) is 15.1. The Labute approximate surface area is 179 Å². The summed E-state index contributed by atoms with van der Waals surface area (Å²) in [6.45, 7) is -0.245. The molecule has 3 amide bonds. The first-order valence-corrected chi connectivity index (χ1v) is 9.63. The van der Waals surface area contributed by atoms with Crippen LogP contribution in [0, 0.1) is 0 Å². The van der Waals surface area contributed by atoms with E-state index in [0.29, 0.717) is 11.3 Å². The van der Waals surface area contributed by atoms with Crippen molar-refractivity contribution in [1.29, 1.82) is 0 Å². The number of nitrogens with one attached hydrogen (secondary N) is 3. The van der Waals surface area contributed by atoms with E-state index < -0.39 is 23.8 Å². The van der Waals surface area contributed by atoms with E-state index in [2.05, 4.69) is 21.2 Å². The van der Waals surface area contributed by atoms with Crippen LogP contribution in [0.5, 0.6) is 5.75 Å². The van der Waals surface area contributed by atoms with Crippen LogP contribution in [0.25, 0.3) is 0 Å². The van der Waals surface area contributed by atoms with Gasteiger partial charge in [-0.05, 0) is 29.8 Å². The van der Waals surface area contributed by atoms with E-state index in [1.54, 1.807) is 36.4 Å². The summed E-state index contributed by atoms with van der Waals surface area (Å²) < 4.78 is 5.43. The molecule has 0 aliphatic carbocycles. The Hall–Kier alpha value is -4.20. The predicted molar refractivity (Wildman–Crippen MR) is 114 cm³/mol. The minimum atomic E-state index is -0.913. The van der Waals surface area contributed by atoms with Crippen molar-refractivity contribution in [1.82, 2.24) is 21.2 Å². The Kier molecular flexibility index (Phi) is 7.70. The third-order valence-electron chi connectivity index (χ3n) is 4.27. The molecule has 3 aromatic rings.